The van der Waals surface area contributed by atoms with Crippen LogP contribution in [0.5, 0.6) is 0 Å². The van der Waals surface area contributed by atoms with E-state index in [1.807, 2.05) is 0 Å². The Morgan fingerprint density at radius 1 is 1.40 bits per heavy atom. The molecule has 0 aromatic heterocycles. The lowest BCUT2D eigenvalue weighted by Crippen LogP contribution is -2.59. The first-order chi connectivity index (χ1) is 11.3. The first-order valence-corrected chi connectivity index (χ1v) is 8.65. The molecule has 138 valence electrons. The highest BCUT2D eigenvalue weighted by molar-refractivity contribution is 7.93. The van der Waals surface area contributed by atoms with Crippen molar-refractivity contribution in [1.82, 2.24) is 5.32 Å². The van der Waals surface area contributed by atoms with Crippen LogP contribution < -0.4 is 11.1 Å². The van der Waals surface area contributed by atoms with Gasteiger partial charge in [-0.05, 0) is 32.0 Å². The van der Waals surface area contributed by atoms with Crippen molar-refractivity contribution in [1.29, 1.82) is 0 Å². The molecule has 7 nitrogen and oxygen atoms in total. The number of nitrogens with two attached hydrogens (primary N) is 1. The van der Waals surface area contributed by atoms with Crippen molar-refractivity contribution in [3.8, 4) is 0 Å². The van der Waals surface area contributed by atoms with Crippen LogP contribution in [0, 0.1) is 5.82 Å². The highest BCUT2D eigenvalue weighted by Gasteiger charge is 2.57. The Bertz CT molecular complexity index is 855. The Morgan fingerprint density at radius 3 is 2.52 bits per heavy atom. The molecule has 11 heteroatoms. The Balaban J connectivity index is 2.85. The number of alkyl halides is 2. The molecule has 4 N–H and O–H groups in total. The summed E-state index contributed by atoms with van der Waals surface area (Å²) in [6.07, 6.45) is -5.11. The van der Waals surface area contributed by atoms with Crippen LogP contribution in [0.15, 0.2) is 23.2 Å². The normalized spacial score (nSPS) is 24.6. The number of hydrogen-bond donors (Lipinski definition) is 3. The van der Waals surface area contributed by atoms with Crippen LogP contribution in [0.2, 0.25) is 0 Å². The van der Waals surface area contributed by atoms with Gasteiger partial charge in [-0.1, -0.05) is 0 Å². The number of nitrogen functional groups attached to an aromatic ring is 1. The summed E-state index contributed by atoms with van der Waals surface area (Å²) in [6.45, 7) is 2.25. The number of carbonyl (C=O) groups is 1. The zero-order chi connectivity index (χ0) is 19.2. The molecule has 25 heavy (non-hydrogen) atoms. The lowest BCUT2D eigenvalue weighted by Gasteiger charge is -2.40. The minimum absolute atomic E-state index is 0.0680. The fraction of sp³-hybridized carbons (Fsp3) is 0.429. The van der Waals surface area contributed by atoms with Crippen molar-refractivity contribution < 1.29 is 31.5 Å². The van der Waals surface area contributed by atoms with Gasteiger partial charge >= 0.3 is 6.09 Å². The summed E-state index contributed by atoms with van der Waals surface area (Å²) in [5, 5.41) is 10.6. The molecule has 0 aliphatic carbocycles. The number of sulfone groups is 1. The Morgan fingerprint density at radius 2 is 2.00 bits per heavy atom. The van der Waals surface area contributed by atoms with E-state index in [4.69, 9.17) is 10.8 Å². The summed E-state index contributed by atoms with van der Waals surface area (Å²) in [7, 11) is -4.33. The number of amides is 1. The van der Waals surface area contributed by atoms with Gasteiger partial charge in [0.15, 0.2) is 15.4 Å². The van der Waals surface area contributed by atoms with E-state index in [0.29, 0.717) is 0 Å². The standard InChI is InChI=1S/C14H16F3N3O4S/c1-13(2)11(19-12(21)22)20-14(10(16)17,6-25(13,23)24)8-5-7(18)3-4-9(8)15/h3-5,10H,6,18H2,1-2H3,(H,19,20)(H,21,22). The van der Waals surface area contributed by atoms with Crippen LogP contribution in [0.3, 0.4) is 0 Å². The van der Waals surface area contributed by atoms with Crippen molar-refractivity contribution in [2.24, 2.45) is 4.99 Å². The highest BCUT2D eigenvalue weighted by atomic mass is 32.2. The second-order valence-electron chi connectivity index (χ2n) is 6.12. The Labute approximate surface area is 141 Å². The molecule has 0 spiro atoms. The molecule has 1 heterocycles. The van der Waals surface area contributed by atoms with Gasteiger partial charge in [0.05, 0.1) is 5.75 Å². The molecule has 1 unspecified atom stereocenters. The van der Waals surface area contributed by atoms with Crippen LogP contribution in [-0.2, 0) is 15.4 Å². The number of nitrogens with zero attached hydrogens (tertiary/aromatic N) is 1. The molecular formula is C14H16F3N3O4S. The van der Waals surface area contributed by atoms with Gasteiger partial charge in [0.2, 0.25) is 0 Å². The minimum atomic E-state index is -4.33. The lowest BCUT2D eigenvalue weighted by atomic mass is 9.91. The predicted molar refractivity (Wildman–Crippen MR) is 85.0 cm³/mol. The number of nitrogens with one attached hydrogen (secondary N) is 1. The topological polar surface area (TPSA) is 122 Å². The number of hydrogen-bond acceptors (Lipinski definition) is 5. The van der Waals surface area contributed by atoms with Crippen LogP contribution in [-0.4, -0.2) is 42.4 Å². The van der Waals surface area contributed by atoms with Gasteiger partial charge < -0.3 is 10.8 Å². The zero-order valence-electron chi connectivity index (χ0n) is 13.3. The molecule has 1 amide bonds. The maximum absolute atomic E-state index is 14.2. The second-order valence-corrected chi connectivity index (χ2v) is 8.66. The smallest absolute Gasteiger partial charge is 0.410 e. The number of rotatable bonds is 2. The average Bonchev–Trinajstić information content (AvgIpc) is 2.45. The quantitative estimate of drug-likeness (QED) is 0.676. The van der Waals surface area contributed by atoms with Crippen molar-refractivity contribution in [3.63, 3.8) is 0 Å². The van der Waals surface area contributed by atoms with Crippen LogP contribution in [0.4, 0.5) is 23.7 Å². The summed E-state index contributed by atoms with van der Waals surface area (Å²) >= 11 is 0. The van der Waals surface area contributed by atoms with Gasteiger partial charge in [0, 0.05) is 11.3 Å². The first-order valence-electron chi connectivity index (χ1n) is 7.00. The van der Waals surface area contributed by atoms with E-state index < -0.39 is 55.6 Å². The molecule has 0 fully saturated rings. The fourth-order valence-electron chi connectivity index (χ4n) is 2.51. The molecule has 0 bridgehead atoms. The average molecular weight is 379 g/mol. The van der Waals surface area contributed by atoms with E-state index in [0.717, 1.165) is 32.0 Å². The molecule has 1 aliphatic heterocycles. The molecule has 0 saturated heterocycles. The van der Waals surface area contributed by atoms with Crippen molar-refractivity contribution >= 4 is 27.5 Å². The molecule has 1 aromatic carbocycles. The number of amidine groups is 1. The number of aliphatic imine (C=N–C) groups is 1. The third-order valence-corrected chi connectivity index (χ3v) is 6.68. The van der Waals surface area contributed by atoms with Crippen LogP contribution >= 0.6 is 0 Å². The predicted octanol–water partition coefficient (Wildman–Crippen LogP) is 1.74. The summed E-state index contributed by atoms with van der Waals surface area (Å²) in [5.41, 5.74) is 1.91. The fourth-order valence-corrected chi connectivity index (χ4v) is 4.18. The van der Waals surface area contributed by atoms with Gasteiger partial charge in [0.1, 0.15) is 16.4 Å². The van der Waals surface area contributed by atoms with E-state index in [9.17, 15) is 26.4 Å². The number of carboxylic acid groups (broad SMARTS) is 1. The zero-order valence-corrected chi connectivity index (χ0v) is 14.1. The summed E-state index contributed by atoms with van der Waals surface area (Å²) in [5.74, 6) is -3.04. The highest BCUT2D eigenvalue weighted by Crippen LogP contribution is 2.43. The number of anilines is 1. The van der Waals surface area contributed by atoms with E-state index in [2.05, 4.69) is 4.99 Å². The largest absolute Gasteiger partial charge is 0.465 e. The van der Waals surface area contributed by atoms with E-state index in [-0.39, 0.29) is 5.69 Å². The number of halogens is 3. The van der Waals surface area contributed by atoms with Crippen molar-refractivity contribution in [3.05, 3.63) is 29.6 Å². The number of benzene rings is 1. The van der Waals surface area contributed by atoms with Gasteiger partial charge in [0.25, 0.3) is 6.43 Å². The first kappa shape index (κ1) is 19.0. The van der Waals surface area contributed by atoms with Crippen LogP contribution in [0.25, 0.3) is 0 Å². The molecule has 1 aromatic rings. The monoisotopic (exact) mass is 379 g/mol. The molecular weight excluding hydrogens is 363 g/mol. The second kappa shape index (κ2) is 5.90. The molecule has 2 rings (SSSR count). The molecule has 1 atom stereocenters. The third kappa shape index (κ3) is 3.03. The molecule has 1 aliphatic rings. The maximum Gasteiger partial charge on any atom is 0.410 e. The van der Waals surface area contributed by atoms with Gasteiger partial charge in [-0.25, -0.2) is 26.4 Å². The summed E-state index contributed by atoms with van der Waals surface area (Å²) in [6, 6.07) is 2.82. The maximum atomic E-state index is 14.2. The molecule has 0 radical (unpaired) electrons. The summed E-state index contributed by atoms with van der Waals surface area (Å²) < 4.78 is 65.3. The van der Waals surface area contributed by atoms with Gasteiger partial charge in [-0.2, -0.15) is 0 Å². The minimum Gasteiger partial charge on any atom is -0.465 e. The lowest BCUT2D eigenvalue weighted by molar-refractivity contribution is 0.0620. The van der Waals surface area contributed by atoms with E-state index in [1.54, 1.807) is 5.32 Å². The van der Waals surface area contributed by atoms with Crippen molar-refractivity contribution in [2.45, 2.75) is 30.6 Å². The van der Waals surface area contributed by atoms with Gasteiger partial charge in [-0.3, -0.25) is 10.3 Å². The van der Waals surface area contributed by atoms with E-state index >= 15 is 0 Å². The van der Waals surface area contributed by atoms with Crippen LogP contribution in [0.1, 0.15) is 19.4 Å². The Kier molecular flexibility index (Phi) is 4.49. The van der Waals surface area contributed by atoms with E-state index in [1.165, 1.54) is 0 Å². The Hall–Kier alpha value is -2.30. The summed E-state index contributed by atoms with van der Waals surface area (Å²) in [4.78, 5) is 14.6. The van der Waals surface area contributed by atoms with Gasteiger partial charge in [-0.15, -0.1) is 0 Å². The SMILES string of the molecule is CC1(C)C(NC(=O)O)=NC(c2cc(N)ccc2F)(C(F)F)CS1(=O)=O. The van der Waals surface area contributed by atoms with Crippen molar-refractivity contribution in [2.75, 3.05) is 11.5 Å². The third-order valence-electron chi connectivity index (χ3n) is 4.11. The molecule has 0 saturated carbocycles.